The molecule has 0 bridgehead atoms. The Morgan fingerprint density at radius 2 is 1.96 bits per heavy atom. The van der Waals surface area contributed by atoms with Crippen molar-refractivity contribution in [2.24, 2.45) is 0 Å². The molecular weight excluding hydrogens is 341 g/mol. The summed E-state index contributed by atoms with van der Waals surface area (Å²) in [5.41, 5.74) is -1.25. The van der Waals surface area contributed by atoms with Gasteiger partial charge in [-0.3, -0.25) is 4.79 Å². The maximum absolute atomic E-state index is 13.0. The van der Waals surface area contributed by atoms with Gasteiger partial charge in [-0.25, -0.2) is 0 Å². The minimum absolute atomic E-state index is 0.151. The van der Waals surface area contributed by atoms with Crippen LogP contribution >= 0.6 is 11.7 Å². The van der Waals surface area contributed by atoms with Gasteiger partial charge in [-0.15, -0.1) is 0 Å². The van der Waals surface area contributed by atoms with E-state index in [9.17, 15) is 18.0 Å². The molecule has 1 aliphatic rings. The van der Waals surface area contributed by atoms with Gasteiger partial charge < -0.3 is 10.2 Å². The van der Waals surface area contributed by atoms with Crippen LogP contribution < -0.4 is 10.2 Å². The maximum atomic E-state index is 13.0. The van der Waals surface area contributed by atoms with Crippen LogP contribution in [0.3, 0.4) is 0 Å². The number of benzene rings is 1. The summed E-state index contributed by atoms with van der Waals surface area (Å²) < 4.78 is 47.1. The normalized spacial score (nSPS) is 16.2. The fourth-order valence-corrected chi connectivity index (χ4v) is 3.18. The molecule has 0 unspecified atom stereocenters. The lowest BCUT2D eigenvalue weighted by Gasteiger charge is -2.32. The fraction of sp³-hybridized carbons (Fsp3) is 0.400. The number of halogens is 3. The number of hydrogen-bond acceptors (Lipinski definition) is 5. The van der Waals surface area contributed by atoms with Gasteiger partial charge in [0.05, 0.1) is 29.1 Å². The quantitative estimate of drug-likeness (QED) is 0.919. The van der Waals surface area contributed by atoms with E-state index in [0.717, 1.165) is 23.6 Å². The number of piperidine rings is 1. The Bertz CT molecular complexity index is 697. The zero-order chi connectivity index (χ0) is 17.2. The standard InChI is InChI=1S/C15H15F3N4OS/c16-15(17,18)12-4-2-1-3-11(12)14(23)20-10-5-7-22(8-6-10)13-9-19-24-21-13/h1-4,9-10H,5-8H2,(H,20,23). The summed E-state index contributed by atoms with van der Waals surface area (Å²) in [5.74, 6) is 0.115. The van der Waals surface area contributed by atoms with Crippen molar-refractivity contribution in [3.8, 4) is 0 Å². The predicted octanol–water partition coefficient (Wildman–Crippen LogP) is 2.96. The molecule has 0 saturated carbocycles. The molecular formula is C15H15F3N4OS. The van der Waals surface area contributed by atoms with E-state index < -0.39 is 17.6 Å². The number of nitrogens with one attached hydrogen (secondary N) is 1. The smallest absolute Gasteiger partial charge is 0.354 e. The maximum Gasteiger partial charge on any atom is 0.417 e. The molecule has 2 heterocycles. The largest absolute Gasteiger partial charge is 0.417 e. The van der Waals surface area contributed by atoms with Crippen molar-refractivity contribution >= 4 is 23.5 Å². The highest BCUT2D eigenvalue weighted by molar-refractivity contribution is 6.99. The Labute approximate surface area is 140 Å². The topological polar surface area (TPSA) is 58.1 Å². The van der Waals surface area contributed by atoms with E-state index >= 15 is 0 Å². The first-order valence-corrected chi connectivity index (χ1v) is 8.18. The van der Waals surface area contributed by atoms with Gasteiger partial charge in [0.1, 0.15) is 0 Å². The first kappa shape index (κ1) is 16.7. The third-order valence-corrected chi connectivity index (χ3v) is 4.45. The Hall–Kier alpha value is -2.16. The monoisotopic (exact) mass is 356 g/mol. The number of alkyl halides is 3. The highest BCUT2D eigenvalue weighted by Crippen LogP contribution is 2.32. The van der Waals surface area contributed by atoms with Gasteiger partial charge in [0.2, 0.25) is 0 Å². The summed E-state index contributed by atoms with van der Waals surface area (Å²) in [6, 6.07) is 4.69. The van der Waals surface area contributed by atoms with Crippen LogP contribution in [0.1, 0.15) is 28.8 Å². The summed E-state index contributed by atoms with van der Waals surface area (Å²) in [5, 5.41) is 2.71. The molecule has 0 radical (unpaired) electrons. The van der Waals surface area contributed by atoms with Crippen LogP contribution in [0.4, 0.5) is 19.0 Å². The summed E-state index contributed by atoms with van der Waals surface area (Å²) in [6.45, 7) is 1.36. The van der Waals surface area contributed by atoms with E-state index in [0.29, 0.717) is 25.9 Å². The van der Waals surface area contributed by atoms with Crippen molar-refractivity contribution in [2.45, 2.75) is 25.1 Å². The number of carbonyl (C=O) groups excluding carboxylic acids is 1. The van der Waals surface area contributed by atoms with Crippen LogP contribution in [0.15, 0.2) is 30.5 Å². The van der Waals surface area contributed by atoms with Gasteiger partial charge >= 0.3 is 6.18 Å². The zero-order valence-electron chi connectivity index (χ0n) is 12.6. The van der Waals surface area contributed by atoms with Crippen molar-refractivity contribution < 1.29 is 18.0 Å². The molecule has 9 heteroatoms. The Morgan fingerprint density at radius 1 is 1.25 bits per heavy atom. The van der Waals surface area contributed by atoms with Crippen molar-refractivity contribution in [3.63, 3.8) is 0 Å². The number of aromatic nitrogens is 2. The first-order chi connectivity index (χ1) is 11.4. The first-order valence-electron chi connectivity index (χ1n) is 7.45. The third-order valence-electron chi connectivity index (χ3n) is 3.98. The molecule has 3 rings (SSSR count). The van der Waals surface area contributed by atoms with Crippen LogP contribution in [-0.4, -0.2) is 33.8 Å². The summed E-state index contributed by atoms with van der Waals surface area (Å²) in [6.07, 6.45) is -1.56. The van der Waals surface area contributed by atoms with Crippen molar-refractivity contribution in [3.05, 3.63) is 41.6 Å². The minimum atomic E-state index is -4.55. The highest BCUT2D eigenvalue weighted by Gasteiger charge is 2.35. The Morgan fingerprint density at radius 3 is 2.58 bits per heavy atom. The number of amides is 1. The average molecular weight is 356 g/mol. The molecule has 0 aliphatic carbocycles. The molecule has 0 spiro atoms. The Kier molecular flexibility index (Phi) is 4.70. The number of carbonyl (C=O) groups is 1. The van der Waals surface area contributed by atoms with Crippen LogP contribution in [0.2, 0.25) is 0 Å². The van der Waals surface area contributed by atoms with Crippen LogP contribution in [0.5, 0.6) is 0 Å². The molecule has 1 amide bonds. The van der Waals surface area contributed by atoms with Crippen molar-refractivity contribution in [2.75, 3.05) is 18.0 Å². The molecule has 5 nitrogen and oxygen atoms in total. The molecule has 1 N–H and O–H groups in total. The van der Waals surface area contributed by atoms with E-state index in [-0.39, 0.29) is 11.6 Å². The van der Waals surface area contributed by atoms with Crippen LogP contribution in [0.25, 0.3) is 0 Å². The molecule has 0 atom stereocenters. The molecule has 2 aromatic rings. The average Bonchev–Trinajstić information content (AvgIpc) is 3.09. The zero-order valence-corrected chi connectivity index (χ0v) is 13.4. The summed E-state index contributed by atoms with van der Waals surface area (Å²) in [7, 11) is 0. The van der Waals surface area contributed by atoms with E-state index in [2.05, 4.69) is 19.0 Å². The molecule has 1 saturated heterocycles. The number of hydrogen-bond donors (Lipinski definition) is 1. The van der Waals surface area contributed by atoms with Crippen LogP contribution in [0, 0.1) is 0 Å². The second kappa shape index (κ2) is 6.76. The number of nitrogens with zero attached hydrogens (tertiary/aromatic N) is 3. The van der Waals surface area contributed by atoms with Gasteiger partial charge in [-0.1, -0.05) is 12.1 Å². The van der Waals surface area contributed by atoms with Crippen molar-refractivity contribution in [1.82, 2.24) is 14.1 Å². The van der Waals surface area contributed by atoms with E-state index in [1.165, 1.54) is 18.2 Å². The third kappa shape index (κ3) is 3.66. The minimum Gasteiger partial charge on any atom is -0.354 e. The lowest BCUT2D eigenvalue weighted by Crippen LogP contribution is -2.45. The molecule has 1 aliphatic heterocycles. The second-order valence-corrected chi connectivity index (χ2v) is 6.10. The van der Waals surface area contributed by atoms with Gasteiger partial charge in [0, 0.05) is 19.1 Å². The summed E-state index contributed by atoms with van der Waals surface area (Å²) in [4.78, 5) is 14.3. The van der Waals surface area contributed by atoms with Gasteiger partial charge in [-0.2, -0.15) is 21.9 Å². The van der Waals surface area contributed by atoms with Gasteiger partial charge in [0.25, 0.3) is 5.91 Å². The summed E-state index contributed by atoms with van der Waals surface area (Å²) >= 11 is 1.13. The SMILES string of the molecule is O=C(NC1CCN(c2cnsn2)CC1)c1ccccc1C(F)(F)F. The van der Waals surface area contributed by atoms with Gasteiger partial charge in [0.15, 0.2) is 5.82 Å². The van der Waals surface area contributed by atoms with E-state index in [1.807, 2.05) is 0 Å². The lowest BCUT2D eigenvalue weighted by atomic mass is 10.0. The molecule has 1 fully saturated rings. The second-order valence-electron chi connectivity index (χ2n) is 5.54. The number of rotatable bonds is 3. The fourth-order valence-electron chi connectivity index (χ4n) is 2.74. The van der Waals surface area contributed by atoms with E-state index in [1.54, 1.807) is 6.20 Å². The number of anilines is 1. The lowest BCUT2D eigenvalue weighted by molar-refractivity contribution is -0.137. The predicted molar refractivity (Wildman–Crippen MR) is 84.1 cm³/mol. The Balaban J connectivity index is 1.63. The van der Waals surface area contributed by atoms with Crippen molar-refractivity contribution in [1.29, 1.82) is 0 Å². The van der Waals surface area contributed by atoms with E-state index in [4.69, 9.17) is 0 Å². The molecule has 128 valence electrons. The highest BCUT2D eigenvalue weighted by atomic mass is 32.1. The van der Waals surface area contributed by atoms with Crippen LogP contribution in [-0.2, 0) is 6.18 Å². The molecule has 1 aromatic heterocycles. The molecule has 1 aromatic carbocycles. The molecule has 24 heavy (non-hydrogen) atoms. The van der Waals surface area contributed by atoms with Gasteiger partial charge in [-0.05, 0) is 25.0 Å².